The smallest absolute Gasteiger partial charge is 0.124 e. The van der Waals surface area contributed by atoms with Crippen molar-refractivity contribution in [2.75, 3.05) is 0 Å². The fraction of sp³-hybridized carbons (Fsp3) is 0.235. The molecule has 3 rings (SSSR count). The zero-order valence-electron chi connectivity index (χ0n) is 10.6. The van der Waals surface area contributed by atoms with Crippen LogP contribution in [0, 0.1) is 11.7 Å². The van der Waals surface area contributed by atoms with Crippen LogP contribution in [0.3, 0.4) is 0 Å². The molecule has 1 aliphatic carbocycles. The molecule has 0 bridgehead atoms. The van der Waals surface area contributed by atoms with Crippen molar-refractivity contribution in [2.45, 2.75) is 18.8 Å². The maximum absolute atomic E-state index is 13.1. The molecule has 0 spiro atoms. The van der Waals surface area contributed by atoms with Crippen LogP contribution in [-0.4, -0.2) is 6.29 Å². The van der Waals surface area contributed by atoms with E-state index in [0.717, 1.165) is 24.7 Å². The standard InChI is InChI=1S/C17H15FO/c18-15-9-7-13(8-10-15)17-14(11-19)6-5-12-3-1-2-4-16(12)17/h1-4,7-11,14,17H,5-6H2/t14?,17-/m1/s1. The third-order valence-electron chi connectivity index (χ3n) is 3.97. The van der Waals surface area contributed by atoms with Gasteiger partial charge in [0.15, 0.2) is 0 Å². The van der Waals surface area contributed by atoms with Gasteiger partial charge >= 0.3 is 0 Å². The van der Waals surface area contributed by atoms with Gasteiger partial charge in [0.2, 0.25) is 0 Å². The number of aldehydes is 1. The number of hydrogen-bond donors (Lipinski definition) is 0. The van der Waals surface area contributed by atoms with Gasteiger partial charge in [0.05, 0.1) is 0 Å². The van der Waals surface area contributed by atoms with Crippen molar-refractivity contribution in [1.29, 1.82) is 0 Å². The lowest BCUT2D eigenvalue weighted by atomic mass is 9.72. The quantitative estimate of drug-likeness (QED) is 0.746. The predicted molar refractivity (Wildman–Crippen MR) is 72.6 cm³/mol. The summed E-state index contributed by atoms with van der Waals surface area (Å²) in [5, 5.41) is 0. The van der Waals surface area contributed by atoms with E-state index in [4.69, 9.17) is 0 Å². The first-order chi connectivity index (χ1) is 9.29. The average Bonchev–Trinajstić information content (AvgIpc) is 2.47. The molecule has 1 nitrogen and oxygen atoms in total. The van der Waals surface area contributed by atoms with Crippen molar-refractivity contribution in [3.8, 4) is 0 Å². The molecule has 2 atom stereocenters. The highest BCUT2D eigenvalue weighted by atomic mass is 19.1. The largest absolute Gasteiger partial charge is 0.303 e. The first kappa shape index (κ1) is 12.1. The SMILES string of the molecule is O=CC1CCc2ccccc2[C@@H]1c1ccc(F)cc1. The fourth-order valence-electron chi connectivity index (χ4n) is 3.03. The van der Waals surface area contributed by atoms with Crippen molar-refractivity contribution in [3.63, 3.8) is 0 Å². The highest BCUT2D eigenvalue weighted by Gasteiger charge is 2.30. The van der Waals surface area contributed by atoms with Gasteiger partial charge in [0.25, 0.3) is 0 Å². The van der Waals surface area contributed by atoms with Crippen LogP contribution in [0.4, 0.5) is 4.39 Å². The Balaban J connectivity index is 2.10. The lowest BCUT2D eigenvalue weighted by Crippen LogP contribution is -2.22. The molecule has 0 aliphatic heterocycles. The number of aryl methyl sites for hydroxylation is 1. The van der Waals surface area contributed by atoms with Gasteiger partial charge in [-0.1, -0.05) is 36.4 Å². The Hall–Kier alpha value is -1.96. The Morgan fingerprint density at radius 1 is 1.05 bits per heavy atom. The van der Waals surface area contributed by atoms with E-state index in [1.807, 2.05) is 12.1 Å². The van der Waals surface area contributed by atoms with Gasteiger partial charge in [0, 0.05) is 11.8 Å². The lowest BCUT2D eigenvalue weighted by molar-refractivity contribution is -0.111. The number of rotatable bonds is 2. The normalized spacial score (nSPS) is 21.7. The summed E-state index contributed by atoms with van der Waals surface area (Å²) in [5.41, 5.74) is 3.53. The molecule has 2 heteroatoms. The summed E-state index contributed by atoms with van der Waals surface area (Å²) >= 11 is 0. The molecule has 0 amide bonds. The highest BCUT2D eigenvalue weighted by Crippen LogP contribution is 2.39. The summed E-state index contributed by atoms with van der Waals surface area (Å²) in [4.78, 5) is 11.3. The Kier molecular flexibility index (Phi) is 3.16. The topological polar surface area (TPSA) is 17.1 Å². The summed E-state index contributed by atoms with van der Waals surface area (Å²) < 4.78 is 13.1. The van der Waals surface area contributed by atoms with Crippen LogP contribution in [0.25, 0.3) is 0 Å². The van der Waals surface area contributed by atoms with E-state index in [1.54, 1.807) is 12.1 Å². The fourth-order valence-corrected chi connectivity index (χ4v) is 3.03. The molecule has 0 saturated heterocycles. The van der Waals surface area contributed by atoms with Gasteiger partial charge in [-0.15, -0.1) is 0 Å². The first-order valence-electron chi connectivity index (χ1n) is 6.58. The summed E-state index contributed by atoms with van der Waals surface area (Å²) in [6.45, 7) is 0. The maximum Gasteiger partial charge on any atom is 0.124 e. The number of carbonyl (C=O) groups is 1. The van der Waals surface area contributed by atoms with E-state index >= 15 is 0 Å². The maximum atomic E-state index is 13.1. The predicted octanol–water partition coefficient (Wildman–Crippen LogP) is 3.72. The second-order valence-electron chi connectivity index (χ2n) is 5.07. The van der Waals surface area contributed by atoms with Crippen LogP contribution in [0.2, 0.25) is 0 Å². The minimum atomic E-state index is -0.240. The Bertz CT molecular complexity index is 588. The van der Waals surface area contributed by atoms with Crippen LogP contribution in [-0.2, 0) is 11.2 Å². The van der Waals surface area contributed by atoms with E-state index in [1.165, 1.54) is 23.3 Å². The van der Waals surface area contributed by atoms with Gasteiger partial charge in [-0.3, -0.25) is 0 Å². The number of fused-ring (bicyclic) bond motifs is 1. The number of halogens is 1. The number of carbonyl (C=O) groups excluding carboxylic acids is 1. The second kappa shape index (κ2) is 4.96. The monoisotopic (exact) mass is 254 g/mol. The van der Waals surface area contributed by atoms with Crippen molar-refractivity contribution < 1.29 is 9.18 Å². The molecule has 0 saturated carbocycles. The second-order valence-corrected chi connectivity index (χ2v) is 5.07. The van der Waals surface area contributed by atoms with Gasteiger partial charge in [-0.2, -0.15) is 0 Å². The Labute approximate surface area is 112 Å². The average molecular weight is 254 g/mol. The van der Waals surface area contributed by atoms with Crippen LogP contribution >= 0.6 is 0 Å². The van der Waals surface area contributed by atoms with E-state index in [2.05, 4.69) is 12.1 Å². The van der Waals surface area contributed by atoms with Gasteiger partial charge in [-0.25, -0.2) is 4.39 Å². The summed E-state index contributed by atoms with van der Waals surface area (Å²) in [6, 6.07) is 14.7. The van der Waals surface area contributed by atoms with Crippen LogP contribution in [0.1, 0.15) is 29.0 Å². The molecule has 2 aromatic rings. The molecule has 1 unspecified atom stereocenters. The molecule has 0 radical (unpaired) electrons. The molecule has 0 heterocycles. The van der Waals surface area contributed by atoms with Gasteiger partial charge in [0.1, 0.15) is 12.1 Å². The van der Waals surface area contributed by atoms with Crippen molar-refractivity contribution in [1.82, 2.24) is 0 Å². The molecule has 0 aromatic heterocycles. The van der Waals surface area contributed by atoms with Crippen molar-refractivity contribution in [3.05, 3.63) is 71.0 Å². The number of benzene rings is 2. The minimum Gasteiger partial charge on any atom is -0.303 e. The summed E-state index contributed by atoms with van der Waals surface area (Å²) in [6.07, 6.45) is 2.85. The summed E-state index contributed by atoms with van der Waals surface area (Å²) in [5.74, 6) is -0.195. The van der Waals surface area contributed by atoms with E-state index < -0.39 is 0 Å². The summed E-state index contributed by atoms with van der Waals surface area (Å²) in [7, 11) is 0. The molecule has 19 heavy (non-hydrogen) atoms. The van der Waals surface area contributed by atoms with Crippen LogP contribution in [0.5, 0.6) is 0 Å². The minimum absolute atomic E-state index is 0.0136. The third-order valence-corrected chi connectivity index (χ3v) is 3.97. The van der Waals surface area contributed by atoms with Crippen LogP contribution < -0.4 is 0 Å². The Morgan fingerprint density at radius 3 is 2.53 bits per heavy atom. The lowest BCUT2D eigenvalue weighted by Gasteiger charge is -2.30. The van der Waals surface area contributed by atoms with Crippen molar-refractivity contribution >= 4 is 6.29 Å². The molecular weight excluding hydrogens is 239 g/mol. The molecule has 0 N–H and O–H groups in total. The van der Waals surface area contributed by atoms with Crippen molar-refractivity contribution in [2.24, 2.45) is 5.92 Å². The highest BCUT2D eigenvalue weighted by molar-refractivity contribution is 5.60. The first-order valence-corrected chi connectivity index (χ1v) is 6.58. The third kappa shape index (κ3) is 2.19. The Morgan fingerprint density at radius 2 is 1.79 bits per heavy atom. The molecular formula is C17H15FO. The van der Waals surface area contributed by atoms with Gasteiger partial charge < -0.3 is 4.79 Å². The van der Waals surface area contributed by atoms with Crippen LogP contribution in [0.15, 0.2) is 48.5 Å². The van der Waals surface area contributed by atoms with E-state index in [9.17, 15) is 9.18 Å². The number of hydrogen-bond acceptors (Lipinski definition) is 1. The molecule has 0 fully saturated rings. The zero-order valence-corrected chi connectivity index (χ0v) is 10.6. The molecule has 96 valence electrons. The van der Waals surface area contributed by atoms with Gasteiger partial charge in [-0.05, 0) is 41.7 Å². The van der Waals surface area contributed by atoms with E-state index in [-0.39, 0.29) is 17.7 Å². The molecule has 2 aromatic carbocycles. The zero-order chi connectivity index (χ0) is 13.2. The molecule has 1 aliphatic rings. The van der Waals surface area contributed by atoms with E-state index in [0.29, 0.717) is 0 Å².